The molecule has 0 aliphatic carbocycles. The third-order valence-corrected chi connectivity index (χ3v) is 4.18. The van der Waals surface area contributed by atoms with Crippen molar-refractivity contribution in [3.8, 4) is 22.6 Å². The van der Waals surface area contributed by atoms with Gasteiger partial charge in [-0.3, -0.25) is 0 Å². The number of ether oxygens (including phenoxy) is 3. The third-order valence-electron chi connectivity index (χ3n) is 3.88. The highest BCUT2D eigenvalue weighted by Gasteiger charge is 2.24. The molecular weight excluding hydrogens is 342 g/mol. The van der Waals surface area contributed by atoms with Crippen LogP contribution in [0.5, 0.6) is 11.5 Å². The Bertz CT molecular complexity index is 791. The van der Waals surface area contributed by atoms with Gasteiger partial charge in [0.1, 0.15) is 17.6 Å². The van der Waals surface area contributed by atoms with Crippen molar-refractivity contribution in [3.05, 3.63) is 47.0 Å². The average Bonchev–Trinajstić information content (AvgIpc) is 2.55. The Morgan fingerprint density at radius 2 is 1.96 bits per heavy atom. The van der Waals surface area contributed by atoms with E-state index in [0.29, 0.717) is 29.5 Å². The van der Waals surface area contributed by atoms with Gasteiger partial charge < -0.3 is 19.9 Å². The number of benzene rings is 2. The van der Waals surface area contributed by atoms with Crippen LogP contribution >= 0.6 is 11.6 Å². The predicted molar refractivity (Wildman–Crippen MR) is 96.2 cm³/mol. The highest BCUT2D eigenvalue weighted by Crippen LogP contribution is 2.38. The van der Waals surface area contributed by atoms with Gasteiger partial charge in [-0.1, -0.05) is 29.8 Å². The van der Waals surface area contributed by atoms with Crippen LogP contribution in [0.3, 0.4) is 0 Å². The SMILES string of the molecule is CC(C)Oc1ccc(-c2ccc3c(c2)OCCC3OC(N)=O)cc1Cl. The average molecular weight is 362 g/mol. The first-order chi connectivity index (χ1) is 11.9. The smallest absolute Gasteiger partial charge is 0.405 e. The number of amides is 1. The van der Waals surface area contributed by atoms with Crippen LogP contribution in [0.2, 0.25) is 5.02 Å². The van der Waals surface area contributed by atoms with Gasteiger partial charge in [-0.2, -0.15) is 0 Å². The van der Waals surface area contributed by atoms with E-state index in [0.717, 1.165) is 16.7 Å². The third kappa shape index (κ3) is 3.99. The first kappa shape index (κ1) is 17.4. The molecule has 2 N–H and O–H groups in total. The van der Waals surface area contributed by atoms with Gasteiger partial charge in [0.05, 0.1) is 17.7 Å². The number of carbonyl (C=O) groups excluding carboxylic acids is 1. The zero-order valence-electron chi connectivity index (χ0n) is 14.1. The topological polar surface area (TPSA) is 70.8 Å². The summed E-state index contributed by atoms with van der Waals surface area (Å²) in [6, 6.07) is 11.4. The van der Waals surface area contributed by atoms with Crippen molar-refractivity contribution in [2.24, 2.45) is 5.73 Å². The lowest BCUT2D eigenvalue weighted by Crippen LogP contribution is -2.22. The fraction of sp³-hybridized carbons (Fsp3) is 0.316. The summed E-state index contributed by atoms with van der Waals surface area (Å²) in [6.07, 6.45) is -0.514. The number of carbonyl (C=O) groups is 1. The second kappa shape index (κ2) is 7.23. The van der Waals surface area contributed by atoms with Gasteiger partial charge in [-0.15, -0.1) is 0 Å². The van der Waals surface area contributed by atoms with Crippen molar-refractivity contribution in [2.75, 3.05) is 6.61 Å². The molecule has 1 aliphatic heterocycles. The molecule has 0 bridgehead atoms. The second-order valence-corrected chi connectivity index (χ2v) is 6.53. The Morgan fingerprint density at radius 1 is 1.24 bits per heavy atom. The van der Waals surface area contributed by atoms with E-state index in [1.807, 2.05) is 50.2 Å². The monoisotopic (exact) mass is 361 g/mol. The van der Waals surface area contributed by atoms with E-state index in [-0.39, 0.29) is 12.2 Å². The number of fused-ring (bicyclic) bond motifs is 1. The van der Waals surface area contributed by atoms with Gasteiger partial charge in [0.25, 0.3) is 0 Å². The lowest BCUT2D eigenvalue weighted by Gasteiger charge is -2.25. The molecule has 6 heteroatoms. The maximum Gasteiger partial charge on any atom is 0.405 e. The van der Waals surface area contributed by atoms with Crippen LogP contribution in [0.4, 0.5) is 4.79 Å². The van der Waals surface area contributed by atoms with Gasteiger partial charge in [0.2, 0.25) is 0 Å². The van der Waals surface area contributed by atoms with Gasteiger partial charge >= 0.3 is 6.09 Å². The molecule has 1 amide bonds. The molecule has 0 spiro atoms. The number of hydrogen-bond acceptors (Lipinski definition) is 4. The van der Waals surface area contributed by atoms with Gasteiger partial charge in [0, 0.05) is 12.0 Å². The van der Waals surface area contributed by atoms with Crippen LogP contribution in [-0.2, 0) is 4.74 Å². The predicted octanol–water partition coefficient (Wildman–Crippen LogP) is 4.71. The summed E-state index contributed by atoms with van der Waals surface area (Å²) in [6.45, 7) is 4.38. The van der Waals surface area contributed by atoms with Crippen molar-refractivity contribution >= 4 is 17.7 Å². The number of nitrogens with two attached hydrogens (primary N) is 1. The summed E-state index contributed by atoms with van der Waals surface area (Å²) in [4.78, 5) is 11.0. The Hall–Kier alpha value is -2.40. The van der Waals surface area contributed by atoms with Crippen molar-refractivity contribution < 1.29 is 19.0 Å². The van der Waals surface area contributed by atoms with Gasteiger partial charge in [-0.25, -0.2) is 4.79 Å². The largest absolute Gasteiger partial charge is 0.493 e. The summed E-state index contributed by atoms with van der Waals surface area (Å²) >= 11 is 6.32. The maximum atomic E-state index is 11.0. The Morgan fingerprint density at radius 3 is 2.64 bits per heavy atom. The summed E-state index contributed by atoms with van der Waals surface area (Å²) in [5.74, 6) is 1.35. The van der Waals surface area contributed by atoms with Crippen molar-refractivity contribution in [1.82, 2.24) is 0 Å². The van der Waals surface area contributed by atoms with Gasteiger partial charge in [0.15, 0.2) is 0 Å². The molecule has 25 heavy (non-hydrogen) atoms. The highest BCUT2D eigenvalue weighted by atomic mass is 35.5. The highest BCUT2D eigenvalue weighted by molar-refractivity contribution is 6.32. The lowest BCUT2D eigenvalue weighted by molar-refractivity contribution is 0.0766. The Balaban J connectivity index is 1.89. The molecule has 0 saturated carbocycles. The molecule has 1 unspecified atom stereocenters. The van der Waals surface area contributed by atoms with Crippen molar-refractivity contribution in [1.29, 1.82) is 0 Å². The van der Waals surface area contributed by atoms with Gasteiger partial charge in [-0.05, 0) is 43.2 Å². The standard InChI is InChI=1S/C19H20ClNO4/c1-11(2)24-17-6-4-12(9-15(17)20)13-3-5-14-16(25-19(21)22)7-8-23-18(14)10-13/h3-6,9-11,16H,7-8H2,1-2H3,(H2,21,22). The second-order valence-electron chi connectivity index (χ2n) is 6.13. The van der Waals surface area contributed by atoms with Crippen LogP contribution in [-0.4, -0.2) is 18.8 Å². The molecule has 2 aromatic carbocycles. The minimum Gasteiger partial charge on any atom is -0.493 e. The molecule has 5 nitrogen and oxygen atoms in total. The number of rotatable bonds is 4. The summed E-state index contributed by atoms with van der Waals surface area (Å²) in [7, 11) is 0. The van der Waals surface area contributed by atoms with Crippen molar-refractivity contribution in [2.45, 2.75) is 32.5 Å². The fourth-order valence-electron chi connectivity index (χ4n) is 2.83. The fourth-order valence-corrected chi connectivity index (χ4v) is 3.05. The Kier molecular flexibility index (Phi) is 5.04. The van der Waals surface area contributed by atoms with Crippen LogP contribution in [0.1, 0.15) is 31.9 Å². The van der Waals surface area contributed by atoms with E-state index in [2.05, 4.69) is 0 Å². The molecule has 3 rings (SSSR count). The summed E-state index contributed by atoms with van der Waals surface area (Å²) < 4.78 is 16.5. The molecule has 1 atom stereocenters. The first-order valence-electron chi connectivity index (χ1n) is 8.13. The summed E-state index contributed by atoms with van der Waals surface area (Å²) in [5, 5.41) is 0.555. The zero-order valence-corrected chi connectivity index (χ0v) is 14.9. The van der Waals surface area contributed by atoms with E-state index in [1.54, 1.807) is 0 Å². The van der Waals surface area contributed by atoms with E-state index >= 15 is 0 Å². The lowest BCUT2D eigenvalue weighted by atomic mass is 9.98. The number of primary amides is 1. The quantitative estimate of drug-likeness (QED) is 0.855. The molecule has 132 valence electrons. The zero-order chi connectivity index (χ0) is 18.0. The normalized spacial score (nSPS) is 16.1. The van der Waals surface area contributed by atoms with E-state index in [9.17, 15) is 4.79 Å². The van der Waals surface area contributed by atoms with E-state index in [1.165, 1.54) is 0 Å². The minimum absolute atomic E-state index is 0.0580. The maximum absolute atomic E-state index is 11.0. The molecule has 2 aromatic rings. The van der Waals surface area contributed by atoms with Crippen LogP contribution < -0.4 is 15.2 Å². The van der Waals surface area contributed by atoms with Crippen LogP contribution in [0.25, 0.3) is 11.1 Å². The van der Waals surface area contributed by atoms with E-state index < -0.39 is 6.09 Å². The molecule has 1 heterocycles. The molecule has 0 aromatic heterocycles. The van der Waals surface area contributed by atoms with E-state index in [4.69, 9.17) is 31.5 Å². The molecular formula is C19H20ClNO4. The number of hydrogen-bond donors (Lipinski definition) is 1. The molecule has 1 aliphatic rings. The van der Waals surface area contributed by atoms with Crippen molar-refractivity contribution in [3.63, 3.8) is 0 Å². The molecule has 0 fully saturated rings. The summed E-state index contributed by atoms with van der Waals surface area (Å²) in [5.41, 5.74) is 7.86. The first-order valence-corrected chi connectivity index (χ1v) is 8.51. The Labute approximate surface area is 151 Å². The van der Waals surface area contributed by atoms with Crippen LogP contribution in [0, 0.1) is 0 Å². The van der Waals surface area contributed by atoms with Crippen LogP contribution in [0.15, 0.2) is 36.4 Å². The molecule has 0 saturated heterocycles. The number of halogens is 1. The minimum atomic E-state index is -0.783. The molecule has 0 radical (unpaired) electrons.